The highest BCUT2D eigenvalue weighted by atomic mass is 16.7. The van der Waals surface area contributed by atoms with E-state index in [2.05, 4.69) is 6.92 Å². The van der Waals surface area contributed by atoms with E-state index >= 15 is 0 Å². The fourth-order valence-electron chi connectivity index (χ4n) is 9.11. The van der Waals surface area contributed by atoms with Crippen LogP contribution in [-0.2, 0) is 38.1 Å². The fraction of sp³-hybridized carbons (Fsp3) is 0.810. The average Bonchev–Trinajstić information content (AvgIpc) is 3.26. The minimum absolute atomic E-state index is 0.00956. The molecule has 4 aliphatic rings. The van der Waals surface area contributed by atoms with Crippen molar-refractivity contribution < 1.29 is 53.4 Å². The van der Waals surface area contributed by atoms with Crippen molar-refractivity contribution in [2.75, 3.05) is 20.8 Å². The number of amides is 1. The lowest BCUT2D eigenvalue weighted by Crippen LogP contribution is -2.62. The van der Waals surface area contributed by atoms with Crippen LogP contribution >= 0.6 is 0 Å². The highest BCUT2D eigenvalue weighted by molar-refractivity contribution is 6.09. The molecule has 306 valence electrons. The summed E-state index contributed by atoms with van der Waals surface area (Å²) in [5, 5.41) is 34.1. The topological polar surface area (TPSA) is 169 Å². The third-order valence-electron chi connectivity index (χ3n) is 12.5. The molecule has 0 aromatic carbocycles. The van der Waals surface area contributed by atoms with E-state index in [-0.39, 0.29) is 43.1 Å². The normalized spacial score (nSPS) is 41.3. The number of cyclic esters (lactones) is 1. The van der Waals surface area contributed by atoms with E-state index in [0.717, 1.165) is 5.57 Å². The molecule has 0 aromatic heterocycles. The third-order valence-corrected chi connectivity index (χ3v) is 12.5. The lowest BCUT2D eigenvalue weighted by atomic mass is 9.81. The summed E-state index contributed by atoms with van der Waals surface area (Å²) in [5.74, 6) is -7.07. The summed E-state index contributed by atoms with van der Waals surface area (Å²) >= 11 is 0. The minimum atomic E-state index is -2.82. The van der Waals surface area contributed by atoms with Gasteiger partial charge in [0, 0.05) is 44.9 Å². The number of hydrogen-bond acceptors (Lipinski definition) is 11. The lowest BCUT2D eigenvalue weighted by Gasteiger charge is -2.41. The van der Waals surface area contributed by atoms with Gasteiger partial charge in [-0.2, -0.15) is 0 Å². The smallest absolute Gasteiger partial charge is 0.329 e. The quantitative estimate of drug-likeness (QED) is 0.199. The predicted molar refractivity (Wildman–Crippen MR) is 202 cm³/mol. The Balaban J connectivity index is 1.78. The maximum absolute atomic E-state index is 14.5. The number of fused-ring (bicyclic) bond motifs is 3. The molecule has 0 spiro atoms. The van der Waals surface area contributed by atoms with Crippen molar-refractivity contribution in [2.24, 2.45) is 29.6 Å². The van der Waals surface area contributed by atoms with Crippen molar-refractivity contribution in [1.82, 2.24) is 4.90 Å². The molecule has 1 saturated carbocycles. The molecule has 1 amide bonds. The number of Topliss-reactive ketones (excluding diaryl/α,β-unsaturated/α-hetero) is 2. The van der Waals surface area contributed by atoms with Crippen molar-refractivity contribution in [3.8, 4) is 0 Å². The number of allylic oxidation sites excluding steroid dienone is 3. The lowest BCUT2D eigenvalue weighted by molar-refractivity contribution is -0.240. The monoisotopic (exact) mass is 761 g/mol. The second-order valence-electron chi connectivity index (χ2n) is 16.8. The zero-order valence-electron chi connectivity index (χ0n) is 33.8. The largest absolute Gasteiger partial charge is 0.456 e. The number of ketones is 2. The first-order valence-electron chi connectivity index (χ1n) is 20.3. The highest BCUT2D eigenvalue weighted by Gasteiger charge is 2.55. The van der Waals surface area contributed by atoms with Crippen LogP contribution in [-0.4, -0.2) is 113 Å². The molecular formula is C42H67NO11. The van der Waals surface area contributed by atoms with Gasteiger partial charge in [-0.05, 0) is 102 Å². The fourth-order valence-corrected chi connectivity index (χ4v) is 9.11. The molecule has 12 heteroatoms. The van der Waals surface area contributed by atoms with Crippen LogP contribution in [0.15, 0.2) is 23.3 Å². The van der Waals surface area contributed by atoms with Gasteiger partial charge in [-0.3, -0.25) is 14.4 Å². The molecule has 3 aliphatic heterocycles. The van der Waals surface area contributed by atoms with Crippen LogP contribution in [0.25, 0.3) is 0 Å². The number of carbonyl (C=O) groups excluding carboxylic acids is 4. The first-order valence-corrected chi connectivity index (χ1v) is 20.3. The van der Waals surface area contributed by atoms with Crippen LogP contribution in [0.1, 0.15) is 119 Å². The Morgan fingerprint density at radius 3 is 2.31 bits per heavy atom. The first-order chi connectivity index (χ1) is 25.5. The maximum Gasteiger partial charge on any atom is 0.329 e. The van der Waals surface area contributed by atoms with E-state index in [9.17, 15) is 34.5 Å². The van der Waals surface area contributed by atoms with Gasteiger partial charge in [-0.25, -0.2) is 4.79 Å². The van der Waals surface area contributed by atoms with E-state index < -0.39 is 77.8 Å². The van der Waals surface area contributed by atoms with E-state index in [1.807, 2.05) is 32.9 Å². The standard InChI is InChI=1S/C42H67NO11/c1-9-30-19-24(2)18-25(3)20-37(52-8)35-16-13-26(4)39(47)42(50,54-35)41(49)43-17-11-10-12-31(43)40(48)53-38(28(6)33(45)23-34(30)46)27(5)21-29-14-15-32(44)36(22-29)51-7/h19,21,25-26,28-33,35-38,44-45,50H,9-18,20,22-23H2,1-8H3/b24-19-,27-21+/t25-,26+,28+,29-,30+,31-,32+,33-,35-,36+,37-,38+,42+/m0/s1. The number of rotatable bonds is 5. The number of nitrogens with zero attached hydrogens (tertiary/aromatic N) is 1. The van der Waals surface area contributed by atoms with Gasteiger partial charge in [-0.15, -0.1) is 0 Å². The van der Waals surface area contributed by atoms with Gasteiger partial charge >= 0.3 is 11.8 Å². The number of piperidine rings is 1. The van der Waals surface area contributed by atoms with Crippen LogP contribution in [0.5, 0.6) is 0 Å². The van der Waals surface area contributed by atoms with Crippen LogP contribution < -0.4 is 0 Å². The molecule has 3 N–H and O–H groups in total. The molecule has 3 heterocycles. The van der Waals surface area contributed by atoms with Crippen LogP contribution in [0.3, 0.4) is 0 Å². The maximum atomic E-state index is 14.5. The molecule has 1 aliphatic carbocycles. The Bertz CT molecular complexity index is 1380. The van der Waals surface area contributed by atoms with Crippen LogP contribution in [0.2, 0.25) is 0 Å². The molecular weight excluding hydrogens is 694 g/mol. The van der Waals surface area contributed by atoms with Gasteiger partial charge in [0.1, 0.15) is 17.9 Å². The van der Waals surface area contributed by atoms with Crippen molar-refractivity contribution in [3.05, 3.63) is 23.3 Å². The van der Waals surface area contributed by atoms with Gasteiger partial charge in [-0.1, -0.05) is 45.4 Å². The number of aliphatic hydroxyl groups excluding tert-OH is 2. The van der Waals surface area contributed by atoms with Crippen molar-refractivity contribution in [3.63, 3.8) is 0 Å². The van der Waals surface area contributed by atoms with Gasteiger partial charge < -0.3 is 39.2 Å². The second-order valence-corrected chi connectivity index (χ2v) is 16.8. The van der Waals surface area contributed by atoms with Crippen molar-refractivity contribution >= 4 is 23.4 Å². The van der Waals surface area contributed by atoms with Crippen LogP contribution in [0.4, 0.5) is 0 Å². The summed E-state index contributed by atoms with van der Waals surface area (Å²) in [7, 11) is 3.12. The Kier molecular flexibility index (Phi) is 16.0. The second kappa shape index (κ2) is 19.6. The van der Waals surface area contributed by atoms with Gasteiger partial charge in [0.15, 0.2) is 0 Å². The number of hydrogen-bond donors (Lipinski definition) is 3. The molecule has 3 fully saturated rings. The summed E-state index contributed by atoms with van der Waals surface area (Å²) in [6.07, 6.45) is 5.23. The summed E-state index contributed by atoms with van der Waals surface area (Å²) in [6, 6.07) is -1.12. The van der Waals surface area contributed by atoms with Gasteiger partial charge in [0.05, 0.1) is 30.5 Å². The molecule has 0 unspecified atom stereocenters. The molecule has 13 atom stereocenters. The predicted octanol–water partition coefficient (Wildman–Crippen LogP) is 4.85. The van der Waals surface area contributed by atoms with Gasteiger partial charge in [0.2, 0.25) is 5.78 Å². The zero-order chi connectivity index (χ0) is 39.9. The number of methoxy groups -OCH3 is 2. The molecule has 12 nitrogen and oxygen atoms in total. The van der Waals surface area contributed by atoms with E-state index in [1.54, 1.807) is 28.1 Å². The van der Waals surface area contributed by atoms with Crippen molar-refractivity contribution in [1.29, 1.82) is 0 Å². The minimum Gasteiger partial charge on any atom is -0.456 e. The Morgan fingerprint density at radius 2 is 1.65 bits per heavy atom. The average molecular weight is 762 g/mol. The molecule has 2 bridgehead atoms. The van der Waals surface area contributed by atoms with Crippen molar-refractivity contribution in [2.45, 2.75) is 167 Å². The summed E-state index contributed by atoms with van der Waals surface area (Å²) in [4.78, 5) is 57.6. The first kappa shape index (κ1) is 44.2. The zero-order valence-corrected chi connectivity index (χ0v) is 33.8. The number of ether oxygens (including phenoxy) is 4. The third kappa shape index (κ3) is 10.5. The van der Waals surface area contributed by atoms with E-state index in [0.29, 0.717) is 69.8 Å². The Morgan fingerprint density at radius 1 is 0.944 bits per heavy atom. The highest BCUT2D eigenvalue weighted by Crippen LogP contribution is 2.36. The van der Waals surface area contributed by atoms with E-state index in [1.165, 1.54) is 4.90 Å². The van der Waals surface area contributed by atoms with Gasteiger partial charge in [0.25, 0.3) is 5.91 Å². The summed E-state index contributed by atoms with van der Waals surface area (Å²) < 4.78 is 23.9. The number of esters is 1. The summed E-state index contributed by atoms with van der Waals surface area (Å²) in [5.41, 5.74) is 1.69. The number of aliphatic hydroxyl groups is 3. The molecule has 54 heavy (non-hydrogen) atoms. The summed E-state index contributed by atoms with van der Waals surface area (Å²) in [6.45, 7) is 11.4. The SMILES string of the molecule is CC[C@@H]1/C=C(/C)C[C@H](C)C[C@H](OC)[C@@H]2CC[C@@H](C)C(=O)[C@@](O)(O2)C(=O)N2CCCC[C@H]2C(=O)O[C@H](/C(C)=C/[C@@H]2CC[C@@H](O)[C@H](OC)C2)[C@H](C)[C@@H](O)CC1=O. The Hall–Kier alpha value is -2.48. The molecule has 0 aromatic rings. The number of carbonyl (C=O) groups is 4. The van der Waals surface area contributed by atoms with Crippen LogP contribution in [0, 0.1) is 29.6 Å². The molecule has 4 rings (SSSR count). The molecule has 0 radical (unpaired) electrons. The molecule has 2 saturated heterocycles. The Labute approximate surface area is 322 Å². The van der Waals surface area contributed by atoms with E-state index in [4.69, 9.17) is 18.9 Å².